The van der Waals surface area contributed by atoms with Crippen LogP contribution in [0.3, 0.4) is 0 Å². The Kier molecular flexibility index (Phi) is 6.99. The van der Waals surface area contributed by atoms with Gasteiger partial charge in [-0.2, -0.15) is 0 Å². The van der Waals surface area contributed by atoms with Crippen molar-refractivity contribution >= 4 is 17.3 Å². The third kappa shape index (κ3) is 4.68. The minimum absolute atomic E-state index is 0.0590. The van der Waals surface area contributed by atoms with E-state index >= 15 is 0 Å². The van der Waals surface area contributed by atoms with Crippen LogP contribution in [0.15, 0.2) is 30.5 Å². The van der Waals surface area contributed by atoms with E-state index in [1.165, 1.54) is 49.1 Å². The van der Waals surface area contributed by atoms with E-state index < -0.39 is 0 Å². The molecule has 0 amide bonds. The number of hydrogen-bond acceptors (Lipinski definition) is 4. The summed E-state index contributed by atoms with van der Waals surface area (Å²) in [6.45, 7) is 10.1. The van der Waals surface area contributed by atoms with Crippen LogP contribution in [0.1, 0.15) is 72.9 Å². The fraction of sp³-hybridized carbons (Fsp3) is 0.615. The van der Waals surface area contributed by atoms with Gasteiger partial charge in [0.2, 0.25) is 0 Å². The molecule has 1 saturated carbocycles. The molecule has 5 rings (SSSR count). The van der Waals surface area contributed by atoms with E-state index in [0.717, 1.165) is 50.2 Å². The van der Waals surface area contributed by atoms with Gasteiger partial charge in [-0.1, -0.05) is 25.3 Å². The number of nitrogens with one attached hydrogen (secondary N) is 1. The molecular formula is C26H37N5OS. The molecule has 3 aliphatic rings. The van der Waals surface area contributed by atoms with Crippen LogP contribution < -0.4 is 5.32 Å². The molecule has 2 atom stereocenters. The van der Waals surface area contributed by atoms with Gasteiger partial charge in [-0.05, 0) is 62.7 Å². The van der Waals surface area contributed by atoms with Crippen molar-refractivity contribution in [3.8, 4) is 0 Å². The normalized spacial score (nSPS) is 24.9. The van der Waals surface area contributed by atoms with Crippen molar-refractivity contribution < 1.29 is 4.74 Å². The molecule has 2 aliphatic heterocycles. The summed E-state index contributed by atoms with van der Waals surface area (Å²) < 4.78 is 8.16. The standard InChI is InChI=1S/C26H37N5OS/c1-19-18-22(20(2)31(19)21-8-4-3-5-9-21)25-24(23-10-6-7-11-27-23)28-26(33)30(25)13-12-29-14-16-32-17-15-29/h6-7,10-11,18,21,24-25H,3-5,8-9,12-17H2,1-2H3,(H,28,33). The monoisotopic (exact) mass is 467 g/mol. The first kappa shape index (κ1) is 22.8. The molecule has 2 aromatic heterocycles. The summed E-state index contributed by atoms with van der Waals surface area (Å²) in [6, 6.07) is 9.44. The molecule has 3 fully saturated rings. The van der Waals surface area contributed by atoms with Gasteiger partial charge in [0.05, 0.1) is 31.0 Å². The van der Waals surface area contributed by atoms with Crippen LogP contribution in [0.4, 0.5) is 0 Å². The Morgan fingerprint density at radius 2 is 1.88 bits per heavy atom. The number of aromatic nitrogens is 2. The number of hydrogen-bond donors (Lipinski definition) is 1. The number of nitrogens with zero attached hydrogens (tertiary/aromatic N) is 4. The molecule has 6 nitrogen and oxygen atoms in total. The second-order valence-corrected chi connectivity index (χ2v) is 10.1. The lowest BCUT2D eigenvalue weighted by atomic mass is 9.94. The van der Waals surface area contributed by atoms with E-state index in [1.807, 2.05) is 12.3 Å². The Balaban J connectivity index is 1.47. The van der Waals surface area contributed by atoms with Gasteiger partial charge in [-0.15, -0.1) is 0 Å². The summed E-state index contributed by atoms with van der Waals surface area (Å²) in [6.07, 6.45) is 8.53. The zero-order valence-electron chi connectivity index (χ0n) is 20.0. The van der Waals surface area contributed by atoms with Crippen LogP contribution >= 0.6 is 12.2 Å². The summed E-state index contributed by atoms with van der Waals surface area (Å²) in [4.78, 5) is 9.62. The van der Waals surface area contributed by atoms with E-state index in [4.69, 9.17) is 21.9 Å². The largest absolute Gasteiger partial charge is 0.379 e. The van der Waals surface area contributed by atoms with E-state index in [2.05, 4.69) is 51.7 Å². The Labute approximate surface area is 203 Å². The van der Waals surface area contributed by atoms with Crippen molar-refractivity contribution in [2.75, 3.05) is 39.4 Å². The minimum atomic E-state index is 0.0590. The third-order valence-corrected chi connectivity index (χ3v) is 8.09. The number of pyridine rings is 1. The average Bonchev–Trinajstić information content (AvgIpc) is 3.34. The molecule has 0 radical (unpaired) electrons. The Hall–Kier alpha value is -1.96. The summed E-state index contributed by atoms with van der Waals surface area (Å²) in [5, 5.41) is 4.47. The quantitative estimate of drug-likeness (QED) is 0.639. The van der Waals surface area contributed by atoms with Gasteiger partial charge in [0, 0.05) is 49.8 Å². The fourth-order valence-corrected chi connectivity index (χ4v) is 6.39. The summed E-state index contributed by atoms with van der Waals surface area (Å²) in [5.74, 6) is 0. The molecular weight excluding hydrogens is 430 g/mol. The van der Waals surface area contributed by atoms with Crippen LogP contribution in [0.5, 0.6) is 0 Å². The van der Waals surface area contributed by atoms with Gasteiger partial charge in [-0.3, -0.25) is 9.88 Å². The van der Waals surface area contributed by atoms with Crippen LogP contribution in [0, 0.1) is 13.8 Å². The van der Waals surface area contributed by atoms with Gasteiger partial charge in [-0.25, -0.2) is 0 Å². The maximum atomic E-state index is 5.91. The summed E-state index contributed by atoms with van der Waals surface area (Å²) in [5.41, 5.74) is 5.22. The van der Waals surface area contributed by atoms with Crippen molar-refractivity contribution in [3.63, 3.8) is 0 Å². The molecule has 0 aromatic carbocycles. The van der Waals surface area contributed by atoms with Crippen LogP contribution in [-0.2, 0) is 4.74 Å². The van der Waals surface area contributed by atoms with Crippen LogP contribution in [-0.4, -0.2) is 63.9 Å². The van der Waals surface area contributed by atoms with Gasteiger partial charge in [0.15, 0.2) is 5.11 Å². The molecule has 2 unspecified atom stereocenters. The predicted molar refractivity (Wildman–Crippen MR) is 135 cm³/mol. The molecule has 7 heteroatoms. The maximum absolute atomic E-state index is 5.91. The van der Waals surface area contributed by atoms with Crippen molar-refractivity contribution in [1.82, 2.24) is 24.7 Å². The number of rotatable bonds is 6. The lowest BCUT2D eigenvalue weighted by molar-refractivity contribution is 0.0350. The topological polar surface area (TPSA) is 45.6 Å². The average molecular weight is 468 g/mol. The zero-order chi connectivity index (χ0) is 22.8. The highest BCUT2D eigenvalue weighted by atomic mass is 32.1. The van der Waals surface area contributed by atoms with Crippen molar-refractivity contribution in [2.24, 2.45) is 0 Å². The van der Waals surface area contributed by atoms with E-state index in [1.54, 1.807) is 0 Å². The highest BCUT2D eigenvalue weighted by Crippen LogP contribution is 2.42. The second-order valence-electron chi connectivity index (χ2n) is 9.76. The first-order chi connectivity index (χ1) is 16.1. The molecule has 0 bridgehead atoms. The molecule has 1 aliphatic carbocycles. The van der Waals surface area contributed by atoms with E-state index in [0.29, 0.717) is 6.04 Å². The lowest BCUT2D eigenvalue weighted by Crippen LogP contribution is -2.42. The van der Waals surface area contributed by atoms with E-state index in [-0.39, 0.29) is 12.1 Å². The van der Waals surface area contributed by atoms with Gasteiger partial charge < -0.3 is 19.5 Å². The zero-order valence-corrected chi connectivity index (χ0v) is 20.8. The predicted octanol–water partition coefficient (Wildman–Crippen LogP) is 4.31. The first-order valence-electron chi connectivity index (χ1n) is 12.6. The molecule has 2 saturated heterocycles. The summed E-state index contributed by atoms with van der Waals surface area (Å²) in [7, 11) is 0. The van der Waals surface area contributed by atoms with Crippen molar-refractivity contribution in [2.45, 2.75) is 64.1 Å². The summed E-state index contributed by atoms with van der Waals surface area (Å²) >= 11 is 5.91. The highest BCUT2D eigenvalue weighted by molar-refractivity contribution is 7.80. The fourth-order valence-electron chi connectivity index (χ4n) is 6.06. The van der Waals surface area contributed by atoms with Crippen LogP contribution in [0.25, 0.3) is 0 Å². The smallest absolute Gasteiger partial charge is 0.170 e. The molecule has 4 heterocycles. The molecule has 33 heavy (non-hydrogen) atoms. The Morgan fingerprint density at radius 1 is 1.09 bits per heavy atom. The van der Waals surface area contributed by atoms with Gasteiger partial charge >= 0.3 is 0 Å². The third-order valence-electron chi connectivity index (χ3n) is 7.74. The second kappa shape index (κ2) is 10.1. The number of ether oxygens (including phenoxy) is 1. The van der Waals surface area contributed by atoms with Gasteiger partial charge in [0.1, 0.15) is 0 Å². The van der Waals surface area contributed by atoms with Crippen LogP contribution in [0.2, 0.25) is 0 Å². The molecule has 178 valence electrons. The van der Waals surface area contributed by atoms with Gasteiger partial charge in [0.25, 0.3) is 0 Å². The molecule has 2 aromatic rings. The number of thiocarbonyl (C=S) groups is 1. The lowest BCUT2D eigenvalue weighted by Gasteiger charge is -2.32. The maximum Gasteiger partial charge on any atom is 0.170 e. The van der Waals surface area contributed by atoms with E-state index in [9.17, 15) is 0 Å². The highest BCUT2D eigenvalue weighted by Gasteiger charge is 2.41. The van der Waals surface area contributed by atoms with Crippen molar-refractivity contribution in [3.05, 3.63) is 53.1 Å². The number of morpholine rings is 1. The minimum Gasteiger partial charge on any atom is -0.379 e. The Morgan fingerprint density at radius 3 is 2.61 bits per heavy atom. The molecule has 1 N–H and O–H groups in total. The SMILES string of the molecule is Cc1cc(C2C(c3ccccn3)NC(=S)N2CCN2CCOCC2)c(C)n1C1CCCCC1. The molecule has 0 spiro atoms. The Bertz CT molecular complexity index is 949. The van der Waals surface area contributed by atoms with Crippen molar-refractivity contribution in [1.29, 1.82) is 0 Å². The number of aryl methyl sites for hydroxylation is 1. The first-order valence-corrected chi connectivity index (χ1v) is 13.0.